The Kier molecular flexibility index (Phi) is 7.21. The fourth-order valence-electron chi connectivity index (χ4n) is 9.80. The van der Waals surface area contributed by atoms with Crippen molar-refractivity contribution in [3.8, 4) is 39.9 Å². The zero-order valence-corrected chi connectivity index (χ0v) is 34.4. The lowest BCUT2D eigenvalue weighted by molar-refractivity contribution is 0.669. The molecular formula is C57H32N4OS. The number of aromatic nitrogens is 4. The van der Waals surface area contributed by atoms with Crippen LogP contribution in [0, 0.1) is 0 Å². The van der Waals surface area contributed by atoms with Crippen LogP contribution in [0.2, 0.25) is 0 Å². The number of nitrogens with zero attached hydrogens (tertiary/aromatic N) is 4. The monoisotopic (exact) mass is 820 g/mol. The van der Waals surface area contributed by atoms with Gasteiger partial charge >= 0.3 is 0 Å². The van der Waals surface area contributed by atoms with Crippen LogP contribution in [0.25, 0.3) is 136 Å². The Bertz CT molecular complexity index is 4130. The minimum Gasteiger partial charge on any atom is -0.456 e. The molecule has 0 bridgehead atoms. The lowest BCUT2D eigenvalue weighted by Crippen LogP contribution is -2.00. The van der Waals surface area contributed by atoms with Crippen molar-refractivity contribution in [3.63, 3.8) is 0 Å². The third-order valence-electron chi connectivity index (χ3n) is 12.8. The first-order valence-corrected chi connectivity index (χ1v) is 22.0. The smallest absolute Gasteiger partial charge is 0.165 e. The van der Waals surface area contributed by atoms with Crippen molar-refractivity contribution in [2.75, 3.05) is 0 Å². The van der Waals surface area contributed by atoms with E-state index in [0.717, 1.165) is 55.1 Å². The summed E-state index contributed by atoms with van der Waals surface area (Å²) in [6.45, 7) is 0. The molecule has 0 aliphatic heterocycles. The van der Waals surface area contributed by atoms with E-state index >= 15 is 0 Å². The predicted molar refractivity (Wildman–Crippen MR) is 263 cm³/mol. The predicted octanol–water partition coefficient (Wildman–Crippen LogP) is 15.7. The highest BCUT2D eigenvalue weighted by Gasteiger charge is 2.20. The first-order valence-electron chi connectivity index (χ1n) is 21.2. The van der Waals surface area contributed by atoms with Crippen molar-refractivity contribution in [1.82, 2.24) is 19.5 Å². The molecule has 0 unspecified atom stereocenters. The maximum absolute atomic E-state index is 6.72. The Morgan fingerprint density at radius 1 is 0.381 bits per heavy atom. The van der Waals surface area contributed by atoms with Crippen LogP contribution in [0.5, 0.6) is 0 Å². The third-order valence-corrected chi connectivity index (χ3v) is 14.0. The first kappa shape index (κ1) is 34.5. The lowest BCUT2D eigenvalue weighted by atomic mass is 10.0. The van der Waals surface area contributed by atoms with E-state index in [1.807, 2.05) is 18.2 Å². The molecule has 0 saturated carbocycles. The van der Waals surface area contributed by atoms with Gasteiger partial charge in [0.1, 0.15) is 11.2 Å². The van der Waals surface area contributed by atoms with E-state index in [0.29, 0.717) is 17.5 Å². The van der Waals surface area contributed by atoms with Gasteiger partial charge in [-0.3, -0.25) is 0 Å². The van der Waals surface area contributed by atoms with Gasteiger partial charge in [0.05, 0.1) is 11.0 Å². The quantitative estimate of drug-likeness (QED) is 0.177. The van der Waals surface area contributed by atoms with Crippen LogP contribution in [0.15, 0.2) is 199 Å². The van der Waals surface area contributed by atoms with Gasteiger partial charge in [-0.2, -0.15) is 0 Å². The summed E-state index contributed by atoms with van der Waals surface area (Å²) in [7, 11) is 0. The van der Waals surface area contributed by atoms with Gasteiger partial charge in [-0.25, -0.2) is 15.0 Å². The number of benzene rings is 10. The SMILES string of the molecule is c1ccc(-c2nc(-c3ccc4c(ccc5oc6cc(-n7c8cc9ccccc9cc8c8cc9ccccc9cc87)ccc6c54)c3)nc(-c3cccc4c3sc3ccccc34)n2)cc1. The molecule has 0 spiro atoms. The van der Waals surface area contributed by atoms with Crippen LogP contribution >= 0.6 is 11.3 Å². The molecule has 4 heterocycles. The van der Waals surface area contributed by atoms with Crippen molar-refractivity contribution in [3.05, 3.63) is 194 Å². The summed E-state index contributed by atoms with van der Waals surface area (Å²) in [5.74, 6) is 1.94. The second-order valence-corrected chi connectivity index (χ2v) is 17.4. The van der Waals surface area contributed by atoms with Crippen LogP contribution in [0.4, 0.5) is 0 Å². The van der Waals surface area contributed by atoms with Crippen LogP contribution in [0.3, 0.4) is 0 Å². The average Bonchev–Trinajstić information content (AvgIpc) is 4.01. The van der Waals surface area contributed by atoms with Crippen molar-refractivity contribution >= 4 is 108 Å². The Morgan fingerprint density at radius 3 is 1.78 bits per heavy atom. The maximum atomic E-state index is 6.72. The topological polar surface area (TPSA) is 56.7 Å². The molecule has 0 radical (unpaired) electrons. The Balaban J connectivity index is 0.928. The molecule has 292 valence electrons. The summed E-state index contributed by atoms with van der Waals surface area (Å²) in [6, 6.07) is 69.2. The summed E-state index contributed by atoms with van der Waals surface area (Å²) in [5.41, 5.74) is 7.98. The van der Waals surface area contributed by atoms with E-state index in [1.54, 1.807) is 11.3 Å². The second kappa shape index (κ2) is 13.2. The highest BCUT2D eigenvalue weighted by molar-refractivity contribution is 7.26. The van der Waals surface area contributed by atoms with Crippen molar-refractivity contribution in [2.45, 2.75) is 0 Å². The van der Waals surface area contributed by atoms with Gasteiger partial charge in [-0.15, -0.1) is 11.3 Å². The van der Waals surface area contributed by atoms with Gasteiger partial charge < -0.3 is 8.98 Å². The maximum Gasteiger partial charge on any atom is 0.165 e. The highest BCUT2D eigenvalue weighted by Crippen LogP contribution is 2.42. The summed E-state index contributed by atoms with van der Waals surface area (Å²) in [4.78, 5) is 15.4. The summed E-state index contributed by atoms with van der Waals surface area (Å²) in [5, 5.41) is 14.2. The zero-order chi connectivity index (χ0) is 41.2. The number of hydrogen-bond acceptors (Lipinski definition) is 5. The lowest BCUT2D eigenvalue weighted by Gasteiger charge is -2.10. The summed E-state index contributed by atoms with van der Waals surface area (Å²) in [6.07, 6.45) is 0. The Labute approximate surface area is 363 Å². The molecule has 14 rings (SSSR count). The van der Waals surface area contributed by atoms with Crippen molar-refractivity contribution < 1.29 is 4.42 Å². The molecule has 0 aliphatic rings. The third kappa shape index (κ3) is 5.25. The van der Waals surface area contributed by atoms with E-state index in [1.165, 1.54) is 63.5 Å². The van der Waals surface area contributed by atoms with Gasteiger partial charge in [0.15, 0.2) is 17.5 Å². The van der Waals surface area contributed by atoms with E-state index < -0.39 is 0 Å². The first-order chi connectivity index (χ1) is 31.2. The summed E-state index contributed by atoms with van der Waals surface area (Å²) >= 11 is 1.78. The molecule has 5 nitrogen and oxygen atoms in total. The largest absolute Gasteiger partial charge is 0.456 e. The van der Waals surface area contributed by atoms with Crippen LogP contribution in [-0.2, 0) is 0 Å². The van der Waals surface area contributed by atoms with Gasteiger partial charge in [0.2, 0.25) is 0 Å². The standard InChI is InChI=1S/C57H32N4OS/c1-2-11-33(12-3-1)55-58-56(60-57(59-55)45-19-10-18-43-42-17-8-9-20-52(42)63-54(43)45)39-21-24-41-38(27-39)22-26-50-53(41)44-25-23-40(32-51(44)62-50)61-48-30-36-15-6-4-13-34(36)28-46(48)47-29-35-14-5-7-16-37(35)31-49(47)61/h1-32H. The Morgan fingerprint density at radius 2 is 1.02 bits per heavy atom. The number of thiophene rings is 1. The molecule has 0 fully saturated rings. The van der Waals surface area contributed by atoms with Gasteiger partial charge in [-0.1, -0.05) is 127 Å². The number of fused-ring (bicyclic) bond motifs is 13. The number of rotatable bonds is 4. The average molecular weight is 821 g/mol. The molecule has 0 saturated heterocycles. The second-order valence-electron chi connectivity index (χ2n) is 16.4. The molecule has 63 heavy (non-hydrogen) atoms. The molecular weight excluding hydrogens is 789 g/mol. The van der Waals surface area contributed by atoms with Crippen LogP contribution < -0.4 is 0 Å². The minimum atomic E-state index is 0.632. The molecule has 14 aromatic rings. The molecule has 6 heteroatoms. The van der Waals surface area contributed by atoms with Gasteiger partial charge in [0, 0.05) is 70.2 Å². The normalized spacial score (nSPS) is 12.1. The van der Waals surface area contributed by atoms with Gasteiger partial charge in [-0.05, 0) is 93.0 Å². The minimum absolute atomic E-state index is 0.632. The Hall–Kier alpha value is -8.19. The van der Waals surface area contributed by atoms with E-state index in [2.05, 4.69) is 180 Å². The molecule has 0 amide bonds. The molecule has 0 atom stereocenters. The summed E-state index contributed by atoms with van der Waals surface area (Å²) < 4.78 is 11.5. The molecule has 0 aliphatic carbocycles. The van der Waals surface area contributed by atoms with E-state index in [4.69, 9.17) is 19.4 Å². The van der Waals surface area contributed by atoms with Crippen molar-refractivity contribution in [2.24, 2.45) is 0 Å². The van der Waals surface area contributed by atoms with E-state index in [-0.39, 0.29) is 0 Å². The molecule has 0 N–H and O–H groups in total. The van der Waals surface area contributed by atoms with Gasteiger partial charge in [0.25, 0.3) is 0 Å². The fourth-order valence-corrected chi connectivity index (χ4v) is 11.0. The number of furan rings is 1. The zero-order valence-electron chi connectivity index (χ0n) is 33.6. The van der Waals surface area contributed by atoms with Crippen molar-refractivity contribution in [1.29, 1.82) is 0 Å². The number of hydrogen-bond donors (Lipinski definition) is 0. The highest BCUT2D eigenvalue weighted by atomic mass is 32.1. The van der Waals surface area contributed by atoms with E-state index in [9.17, 15) is 0 Å². The molecule has 4 aromatic heterocycles. The van der Waals surface area contributed by atoms with Crippen LogP contribution in [0.1, 0.15) is 0 Å². The molecule has 10 aromatic carbocycles. The fraction of sp³-hybridized carbons (Fsp3) is 0. The van der Waals surface area contributed by atoms with Crippen LogP contribution in [-0.4, -0.2) is 19.5 Å².